The second-order valence-electron chi connectivity index (χ2n) is 5.03. The van der Waals surface area contributed by atoms with E-state index in [0.717, 1.165) is 18.2 Å². The van der Waals surface area contributed by atoms with Crippen molar-refractivity contribution in [3.05, 3.63) is 47.8 Å². The van der Waals surface area contributed by atoms with Gasteiger partial charge in [0.2, 0.25) is 5.95 Å². The Morgan fingerprint density at radius 1 is 1.26 bits per heavy atom. The summed E-state index contributed by atoms with van der Waals surface area (Å²) in [6, 6.07) is 10.7. The molecule has 0 aliphatic carbocycles. The lowest BCUT2D eigenvalue weighted by Gasteiger charge is -2.16. The molecule has 1 heterocycles. The quantitative estimate of drug-likeness (QED) is 0.842. The minimum atomic E-state index is 0.267. The normalized spacial score (nSPS) is 12.4. The van der Waals surface area contributed by atoms with Crippen LogP contribution in [0.4, 0.5) is 5.95 Å². The standard InChI is InChI=1S/C16H23N3/c1-4-5-11-19-12-13(2)17-16(19)18-14(3)15-9-7-6-8-10-15/h6-10,12,14H,4-5,11H2,1-3H3,(H,17,18). The molecule has 19 heavy (non-hydrogen) atoms. The smallest absolute Gasteiger partial charge is 0.203 e. The number of imidazole rings is 1. The first-order valence-corrected chi connectivity index (χ1v) is 7.06. The van der Waals surface area contributed by atoms with Crippen molar-refractivity contribution in [3.63, 3.8) is 0 Å². The van der Waals surface area contributed by atoms with Gasteiger partial charge in [-0.1, -0.05) is 43.7 Å². The fourth-order valence-electron chi connectivity index (χ4n) is 2.18. The van der Waals surface area contributed by atoms with Gasteiger partial charge >= 0.3 is 0 Å². The highest BCUT2D eigenvalue weighted by molar-refractivity contribution is 5.34. The molecule has 0 aliphatic rings. The van der Waals surface area contributed by atoms with Crippen molar-refractivity contribution in [1.82, 2.24) is 9.55 Å². The summed E-state index contributed by atoms with van der Waals surface area (Å²) in [6.07, 6.45) is 4.50. The number of aromatic nitrogens is 2. The molecule has 102 valence electrons. The van der Waals surface area contributed by atoms with Crippen molar-refractivity contribution in [2.24, 2.45) is 0 Å². The molecule has 0 saturated carbocycles. The zero-order valence-corrected chi connectivity index (χ0v) is 12.1. The maximum atomic E-state index is 4.58. The molecule has 0 radical (unpaired) electrons. The Kier molecular flexibility index (Phi) is 4.61. The third-order valence-corrected chi connectivity index (χ3v) is 3.29. The summed E-state index contributed by atoms with van der Waals surface area (Å²) in [4.78, 5) is 4.58. The summed E-state index contributed by atoms with van der Waals surface area (Å²) in [5.41, 5.74) is 2.35. The van der Waals surface area contributed by atoms with E-state index in [-0.39, 0.29) is 6.04 Å². The van der Waals surface area contributed by atoms with E-state index in [0.29, 0.717) is 0 Å². The van der Waals surface area contributed by atoms with Crippen molar-refractivity contribution in [3.8, 4) is 0 Å². The highest BCUT2D eigenvalue weighted by Crippen LogP contribution is 2.19. The van der Waals surface area contributed by atoms with Crippen LogP contribution >= 0.6 is 0 Å². The van der Waals surface area contributed by atoms with Crippen LogP contribution in [0.5, 0.6) is 0 Å². The zero-order chi connectivity index (χ0) is 13.7. The van der Waals surface area contributed by atoms with E-state index >= 15 is 0 Å². The van der Waals surface area contributed by atoms with E-state index in [1.165, 1.54) is 18.4 Å². The Morgan fingerprint density at radius 2 is 2.00 bits per heavy atom. The molecule has 1 aromatic carbocycles. The Morgan fingerprint density at radius 3 is 2.68 bits per heavy atom. The highest BCUT2D eigenvalue weighted by atomic mass is 15.2. The minimum absolute atomic E-state index is 0.267. The molecule has 0 amide bonds. The lowest BCUT2D eigenvalue weighted by molar-refractivity contribution is 0.630. The number of hydrogen-bond donors (Lipinski definition) is 1. The van der Waals surface area contributed by atoms with Crippen molar-refractivity contribution < 1.29 is 0 Å². The molecule has 0 spiro atoms. The fraction of sp³-hybridized carbons (Fsp3) is 0.438. The maximum absolute atomic E-state index is 4.58. The van der Waals surface area contributed by atoms with Crippen LogP contribution in [-0.4, -0.2) is 9.55 Å². The molecule has 3 heteroatoms. The van der Waals surface area contributed by atoms with Crippen LogP contribution in [0.2, 0.25) is 0 Å². The molecule has 0 aliphatic heterocycles. The van der Waals surface area contributed by atoms with Gasteiger partial charge in [0.1, 0.15) is 0 Å². The van der Waals surface area contributed by atoms with Crippen molar-refractivity contribution in [1.29, 1.82) is 0 Å². The lowest BCUT2D eigenvalue weighted by atomic mass is 10.1. The number of benzene rings is 1. The summed E-state index contributed by atoms with van der Waals surface area (Å²) in [5, 5.41) is 3.51. The molecule has 0 saturated heterocycles. The molecule has 2 rings (SSSR count). The summed E-state index contributed by atoms with van der Waals surface area (Å²) in [5.74, 6) is 0.974. The number of hydrogen-bond acceptors (Lipinski definition) is 2. The lowest BCUT2D eigenvalue weighted by Crippen LogP contribution is -2.11. The molecule has 1 atom stereocenters. The van der Waals surface area contributed by atoms with E-state index in [9.17, 15) is 0 Å². The van der Waals surface area contributed by atoms with E-state index in [1.54, 1.807) is 0 Å². The monoisotopic (exact) mass is 257 g/mol. The van der Waals surface area contributed by atoms with Crippen molar-refractivity contribution >= 4 is 5.95 Å². The van der Waals surface area contributed by atoms with E-state index in [2.05, 4.69) is 59.2 Å². The first-order chi connectivity index (χ1) is 9.20. The number of anilines is 1. The van der Waals surface area contributed by atoms with Gasteiger partial charge in [-0.05, 0) is 25.8 Å². The average Bonchev–Trinajstić information content (AvgIpc) is 2.77. The summed E-state index contributed by atoms with van der Waals surface area (Å²) < 4.78 is 2.22. The van der Waals surface area contributed by atoms with Gasteiger partial charge in [0.25, 0.3) is 0 Å². The van der Waals surface area contributed by atoms with Crippen LogP contribution in [0, 0.1) is 6.92 Å². The van der Waals surface area contributed by atoms with Gasteiger partial charge in [0.05, 0.1) is 11.7 Å². The molecular weight excluding hydrogens is 234 g/mol. The SMILES string of the molecule is CCCCn1cc(C)nc1NC(C)c1ccccc1. The Hall–Kier alpha value is -1.77. The largest absolute Gasteiger partial charge is 0.349 e. The predicted molar refractivity (Wildman–Crippen MR) is 80.4 cm³/mol. The van der Waals surface area contributed by atoms with Gasteiger partial charge in [-0.3, -0.25) is 0 Å². The average molecular weight is 257 g/mol. The van der Waals surface area contributed by atoms with Gasteiger partial charge in [0.15, 0.2) is 0 Å². The molecule has 2 aromatic rings. The maximum Gasteiger partial charge on any atom is 0.203 e. The molecule has 1 N–H and O–H groups in total. The fourth-order valence-corrected chi connectivity index (χ4v) is 2.18. The third-order valence-electron chi connectivity index (χ3n) is 3.29. The van der Waals surface area contributed by atoms with Gasteiger partial charge in [0, 0.05) is 12.7 Å². The molecule has 1 unspecified atom stereocenters. The summed E-state index contributed by atoms with van der Waals surface area (Å²) in [6.45, 7) is 7.45. The van der Waals surface area contributed by atoms with Crippen molar-refractivity contribution in [2.75, 3.05) is 5.32 Å². The van der Waals surface area contributed by atoms with Gasteiger partial charge in [-0.2, -0.15) is 0 Å². The van der Waals surface area contributed by atoms with Crippen LogP contribution in [0.3, 0.4) is 0 Å². The topological polar surface area (TPSA) is 29.9 Å². The number of nitrogens with one attached hydrogen (secondary N) is 1. The van der Waals surface area contributed by atoms with E-state index < -0.39 is 0 Å². The molecule has 1 aromatic heterocycles. The predicted octanol–water partition coefficient (Wildman–Crippen LogP) is 4.16. The Labute approximate surface area is 115 Å². The van der Waals surface area contributed by atoms with Crippen LogP contribution in [0.1, 0.15) is 44.0 Å². The Balaban J connectivity index is 2.10. The first kappa shape index (κ1) is 13.7. The minimum Gasteiger partial charge on any atom is -0.349 e. The number of nitrogens with zero attached hydrogens (tertiary/aromatic N) is 2. The van der Waals surface area contributed by atoms with Crippen LogP contribution in [0.25, 0.3) is 0 Å². The molecule has 0 bridgehead atoms. The van der Waals surface area contributed by atoms with Gasteiger partial charge < -0.3 is 9.88 Å². The molecular formula is C16H23N3. The van der Waals surface area contributed by atoms with Gasteiger partial charge in [-0.15, -0.1) is 0 Å². The van der Waals surface area contributed by atoms with Gasteiger partial charge in [-0.25, -0.2) is 4.98 Å². The van der Waals surface area contributed by atoms with Crippen LogP contribution < -0.4 is 5.32 Å². The molecule has 0 fully saturated rings. The number of rotatable bonds is 6. The first-order valence-electron chi connectivity index (χ1n) is 7.06. The number of unbranched alkanes of at least 4 members (excludes halogenated alkanes) is 1. The summed E-state index contributed by atoms with van der Waals surface area (Å²) >= 11 is 0. The van der Waals surface area contributed by atoms with E-state index in [1.807, 2.05) is 13.0 Å². The van der Waals surface area contributed by atoms with E-state index in [4.69, 9.17) is 0 Å². The zero-order valence-electron chi connectivity index (χ0n) is 12.1. The highest BCUT2D eigenvalue weighted by Gasteiger charge is 2.10. The molecule has 3 nitrogen and oxygen atoms in total. The van der Waals surface area contributed by atoms with Crippen LogP contribution in [-0.2, 0) is 6.54 Å². The van der Waals surface area contributed by atoms with Crippen LogP contribution in [0.15, 0.2) is 36.5 Å². The third kappa shape index (κ3) is 3.60. The second-order valence-corrected chi connectivity index (χ2v) is 5.03. The van der Waals surface area contributed by atoms with Crippen molar-refractivity contribution in [2.45, 2.75) is 46.2 Å². The number of aryl methyl sites for hydroxylation is 2. The summed E-state index contributed by atoms with van der Waals surface area (Å²) in [7, 11) is 0. The Bertz CT molecular complexity index is 502. The second kappa shape index (κ2) is 6.41.